The average molecular weight is 255 g/mol. The zero-order valence-electron chi connectivity index (χ0n) is 8.66. The van der Waals surface area contributed by atoms with E-state index in [-0.39, 0.29) is 23.4 Å². The van der Waals surface area contributed by atoms with E-state index in [4.69, 9.17) is 5.11 Å². The molecule has 1 heterocycles. The van der Waals surface area contributed by atoms with Crippen LogP contribution < -0.4 is 4.31 Å². The van der Waals surface area contributed by atoms with Gasteiger partial charge in [-0.2, -0.15) is 0 Å². The van der Waals surface area contributed by atoms with Gasteiger partial charge in [0.2, 0.25) is 15.9 Å². The van der Waals surface area contributed by atoms with Crippen molar-refractivity contribution < 1.29 is 23.1 Å². The van der Waals surface area contributed by atoms with E-state index in [9.17, 15) is 18.0 Å². The van der Waals surface area contributed by atoms with E-state index in [2.05, 4.69) is 0 Å². The standard InChI is InChI=1S/C10H9NO5S/c12-9-4-5-17(15,16)11(9)8-3-1-2-7(6-8)10(13)14/h1-3,6H,4-5H2,(H,13,14). The molecule has 7 heteroatoms. The Labute approximate surface area is 97.5 Å². The topological polar surface area (TPSA) is 91.8 Å². The first kappa shape index (κ1) is 11.6. The molecule has 0 atom stereocenters. The van der Waals surface area contributed by atoms with Crippen molar-refractivity contribution in [1.82, 2.24) is 0 Å². The Morgan fingerprint density at radius 1 is 1.35 bits per heavy atom. The molecule has 1 N–H and O–H groups in total. The smallest absolute Gasteiger partial charge is 0.335 e. The third-order valence-corrected chi connectivity index (χ3v) is 4.10. The Morgan fingerprint density at radius 3 is 2.59 bits per heavy atom. The lowest BCUT2D eigenvalue weighted by Gasteiger charge is -2.15. The predicted octanol–water partition coefficient (Wildman–Crippen LogP) is 0.451. The van der Waals surface area contributed by atoms with Crippen molar-refractivity contribution in [1.29, 1.82) is 0 Å². The second kappa shape index (κ2) is 3.85. The summed E-state index contributed by atoms with van der Waals surface area (Å²) in [6, 6.07) is 5.30. The zero-order chi connectivity index (χ0) is 12.6. The van der Waals surface area contributed by atoms with Crippen LogP contribution in [0.15, 0.2) is 24.3 Å². The number of carbonyl (C=O) groups is 2. The number of hydrogen-bond acceptors (Lipinski definition) is 4. The molecule has 1 aliphatic rings. The molecule has 0 radical (unpaired) electrons. The second-order valence-corrected chi connectivity index (χ2v) is 5.52. The number of benzene rings is 1. The predicted molar refractivity (Wildman–Crippen MR) is 59.3 cm³/mol. The number of carboxylic acids is 1. The summed E-state index contributed by atoms with van der Waals surface area (Å²) in [5.74, 6) is -1.94. The van der Waals surface area contributed by atoms with Crippen molar-refractivity contribution in [3.05, 3.63) is 29.8 Å². The maximum Gasteiger partial charge on any atom is 0.335 e. The lowest BCUT2D eigenvalue weighted by Crippen LogP contribution is -2.29. The van der Waals surface area contributed by atoms with E-state index in [1.807, 2.05) is 0 Å². The summed E-state index contributed by atoms with van der Waals surface area (Å²) < 4.78 is 23.9. The molecule has 1 amide bonds. The molecule has 1 aliphatic heterocycles. The quantitative estimate of drug-likeness (QED) is 0.828. The normalized spacial score (nSPS) is 18.4. The summed E-state index contributed by atoms with van der Waals surface area (Å²) in [4.78, 5) is 22.2. The van der Waals surface area contributed by atoms with Crippen LogP contribution in [0, 0.1) is 0 Å². The van der Waals surface area contributed by atoms with Crippen LogP contribution in [0.5, 0.6) is 0 Å². The average Bonchev–Trinajstić information content (AvgIpc) is 2.53. The van der Waals surface area contributed by atoms with Crippen molar-refractivity contribution in [2.24, 2.45) is 0 Å². The molecular formula is C10H9NO5S. The van der Waals surface area contributed by atoms with Gasteiger partial charge in [-0.15, -0.1) is 0 Å². The summed E-state index contributed by atoms with van der Waals surface area (Å²) >= 11 is 0. The molecule has 0 aromatic heterocycles. The number of nitrogens with zero attached hydrogens (tertiary/aromatic N) is 1. The van der Waals surface area contributed by atoms with Gasteiger partial charge in [0.05, 0.1) is 17.0 Å². The van der Waals surface area contributed by atoms with Gasteiger partial charge in [0.25, 0.3) is 0 Å². The van der Waals surface area contributed by atoms with Crippen LogP contribution in [-0.2, 0) is 14.8 Å². The number of aromatic carboxylic acids is 1. The molecule has 90 valence electrons. The largest absolute Gasteiger partial charge is 0.478 e. The number of anilines is 1. The monoisotopic (exact) mass is 255 g/mol. The molecule has 1 saturated heterocycles. The number of amides is 1. The van der Waals surface area contributed by atoms with Crippen LogP contribution in [0.1, 0.15) is 16.8 Å². The molecular weight excluding hydrogens is 246 g/mol. The number of carboxylic acid groups (broad SMARTS) is 1. The third-order valence-electron chi connectivity index (χ3n) is 2.41. The van der Waals surface area contributed by atoms with E-state index in [1.54, 1.807) is 0 Å². The van der Waals surface area contributed by atoms with Gasteiger partial charge in [-0.1, -0.05) is 6.07 Å². The van der Waals surface area contributed by atoms with Crippen LogP contribution in [0.4, 0.5) is 5.69 Å². The maximum absolute atomic E-state index is 11.6. The van der Waals surface area contributed by atoms with Crippen molar-refractivity contribution in [3.8, 4) is 0 Å². The third kappa shape index (κ3) is 2.01. The lowest BCUT2D eigenvalue weighted by molar-refractivity contribution is -0.116. The fraction of sp³-hybridized carbons (Fsp3) is 0.200. The molecule has 1 aromatic carbocycles. The first-order valence-electron chi connectivity index (χ1n) is 4.81. The molecule has 6 nitrogen and oxygen atoms in total. The second-order valence-electron chi connectivity index (χ2n) is 3.58. The highest BCUT2D eigenvalue weighted by atomic mass is 32.2. The molecule has 0 aliphatic carbocycles. The van der Waals surface area contributed by atoms with Gasteiger partial charge in [-0.25, -0.2) is 17.5 Å². The zero-order valence-corrected chi connectivity index (χ0v) is 9.48. The van der Waals surface area contributed by atoms with Crippen LogP contribution in [0.2, 0.25) is 0 Å². The van der Waals surface area contributed by atoms with Gasteiger partial charge < -0.3 is 5.11 Å². The molecule has 2 rings (SSSR count). The van der Waals surface area contributed by atoms with Crippen LogP contribution >= 0.6 is 0 Å². The number of rotatable bonds is 2. The summed E-state index contributed by atoms with van der Waals surface area (Å²) in [6.07, 6.45) is -0.0698. The summed E-state index contributed by atoms with van der Waals surface area (Å²) in [7, 11) is -3.64. The van der Waals surface area contributed by atoms with E-state index in [1.165, 1.54) is 24.3 Å². The first-order valence-corrected chi connectivity index (χ1v) is 6.42. The van der Waals surface area contributed by atoms with Gasteiger partial charge in [-0.05, 0) is 18.2 Å². The van der Waals surface area contributed by atoms with E-state index in [0.717, 1.165) is 0 Å². The Balaban J connectivity index is 2.50. The molecule has 0 unspecified atom stereocenters. The highest BCUT2D eigenvalue weighted by Gasteiger charge is 2.36. The molecule has 17 heavy (non-hydrogen) atoms. The van der Waals surface area contributed by atoms with Crippen LogP contribution in [0.25, 0.3) is 0 Å². The molecule has 1 aromatic rings. The molecule has 0 spiro atoms. The Kier molecular flexibility index (Phi) is 2.62. The highest BCUT2D eigenvalue weighted by Crippen LogP contribution is 2.25. The molecule has 0 bridgehead atoms. The van der Waals surface area contributed by atoms with Crippen LogP contribution in [0.3, 0.4) is 0 Å². The fourth-order valence-electron chi connectivity index (χ4n) is 1.63. The first-order chi connectivity index (χ1) is 7.92. The fourth-order valence-corrected chi connectivity index (χ4v) is 3.09. The Bertz CT molecular complexity index is 592. The summed E-state index contributed by atoms with van der Waals surface area (Å²) in [5.41, 5.74) is 0.0183. The van der Waals surface area contributed by atoms with Gasteiger partial charge in [0.15, 0.2) is 0 Å². The molecule has 0 saturated carbocycles. The van der Waals surface area contributed by atoms with E-state index >= 15 is 0 Å². The minimum Gasteiger partial charge on any atom is -0.478 e. The van der Waals surface area contributed by atoms with Gasteiger partial charge >= 0.3 is 5.97 Å². The van der Waals surface area contributed by atoms with Gasteiger partial charge in [0, 0.05) is 6.42 Å². The van der Waals surface area contributed by atoms with Gasteiger partial charge in [0.1, 0.15) is 0 Å². The van der Waals surface area contributed by atoms with E-state index < -0.39 is 21.9 Å². The Morgan fingerprint density at radius 2 is 2.06 bits per heavy atom. The lowest BCUT2D eigenvalue weighted by atomic mass is 10.2. The maximum atomic E-state index is 11.6. The van der Waals surface area contributed by atoms with Gasteiger partial charge in [-0.3, -0.25) is 4.79 Å². The van der Waals surface area contributed by atoms with Crippen molar-refractivity contribution in [3.63, 3.8) is 0 Å². The number of carbonyl (C=O) groups excluding carboxylic acids is 1. The molecule has 1 fully saturated rings. The minimum atomic E-state index is -3.64. The number of hydrogen-bond donors (Lipinski definition) is 1. The van der Waals surface area contributed by atoms with E-state index in [0.29, 0.717) is 4.31 Å². The SMILES string of the molecule is O=C(O)c1cccc(N2C(=O)CCS2(=O)=O)c1. The van der Waals surface area contributed by atoms with Crippen LogP contribution in [-0.4, -0.2) is 31.2 Å². The minimum absolute atomic E-state index is 0.0580. The van der Waals surface area contributed by atoms with Crippen molar-refractivity contribution in [2.75, 3.05) is 10.1 Å². The van der Waals surface area contributed by atoms with Crippen molar-refractivity contribution >= 4 is 27.6 Å². The Hall–Kier alpha value is -1.89. The summed E-state index contributed by atoms with van der Waals surface area (Å²) in [6.45, 7) is 0. The highest BCUT2D eigenvalue weighted by molar-refractivity contribution is 7.94. The number of sulfonamides is 1. The summed E-state index contributed by atoms with van der Waals surface area (Å²) in [5, 5.41) is 8.80. The van der Waals surface area contributed by atoms with Crippen molar-refractivity contribution in [2.45, 2.75) is 6.42 Å².